The number of H-pyrrole nitrogens is 1. The maximum absolute atomic E-state index is 15.0. The standard InChI is InChI=1S/C18H12BrF2N3O5S/c19-8-5-9-10(7-23-16(9)22-6-8)15(25)13-11(20)1-2-12(14(13)21)24-30(28,29)18(3-4-18)17(26)27/h1-2,5-7,24H,3-4H2,(H,22,23)(H,26,27). The number of halogens is 3. The van der Waals surface area contributed by atoms with Crippen LogP contribution in [0, 0.1) is 11.6 Å². The molecule has 0 saturated heterocycles. The minimum atomic E-state index is -4.52. The van der Waals surface area contributed by atoms with Crippen molar-refractivity contribution in [2.75, 3.05) is 4.72 Å². The molecule has 0 spiro atoms. The summed E-state index contributed by atoms with van der Waals surface area (Å²) in [5.74, 6) is -5.23. The molecule has 1 aliphatic rings. The van der Waals surface area contributed by atoms with Crippen LogP contribution < -0.4 is 4.72 Å². The number of sulfonamides is 1. The van der Waals surface area contributed by atoms with Gasteiger partial charge < -0.3 is 10.1 Å². The summed E-state index contributed by atoms with van der Waals surface area (Å²) in [5.41, 5.74) is -1.44. The number of carbonyl (C=O) groups is 2. The third-order valence-corrected chi connectivity index (χ3v) is 7.45. The van der Waals surface area contributed by atoms with Crippen LogP contribution in [0.2, 0.25) is 0 Å². The number of fused-ring (bicyclic) bond motifs is 1. The zero-order valence-corrected chi connectivity index (χ0v) is 17.3. The number of carboxylic acids is 1. The molecule has 8 nitrogen and oxygen atoms in total. The number of anilines is 1. The Labute approximate surface area is 176 Å². The van der Waals surface area contributed by atoms with Crippen molar-refractivity contribution in [1.29, 1.82) is 0 Å². The smallest absolute Gasteiger partial charge is 0.326 e. The number of benzene rings is 1. The van der Waals surface area contributed by atoms with Gasteiger partial charge in [-0.3, -0.25) is 14.3 Å². The molecule has 3 N–H and O–H groups in total. The number of carboxylic acid groups (broad SMARTS) is 1. The van der Waals surface area contributed by atoms with Crippen LogP contribution in [0.15, 0.2) is 35.1 Å². The average molecular weight is 500 g/mol. The fourth-order valence-corrected chi connectivity index (χ4v) is 4.94. The topological polar surface area (TPSA) is 129 Å². The van der Waals surface area contributed by atoms with Crippen LogP contribution in [0.1, 0.15) is 28.8 Å². The number of hydrogen-bond acceptors (Lipinski definition) is 5. The Bertz CT molecular complexity index is 1340. The Kier molecular flexibility index (Phi) is 4.66. The first-order chi connectivity index (χ1) is 14.1. The molecule has 1 fully saturated rings. The molecule has 1 aromatic carbocycles. The van der Waals surface area contributed by atoms with Gasteiger partial charge in [-0.05, 0) is 47.0 Å². The van der Waals surface area contributed by atoms with Crippen molar-refractivity contribution >= 4 is 54.4 Å². The van der Waals surface area contributed by atoms with E-state index in [9.17, 15) is 27.5 Å². The van der Waals surface area contributed by atoms with E-state index in [2.05, 4.69) is 25.9 Å². The zero-order valence-electron chi connectivity index (χ0n) is 14.9. The summed E-state index contributed by atoms with van der Waals surface area (Å²) in [6, 6.07) is 3.07. The molecule has 0 radical (unpaired) electrons. The molecular weight excluding hydrogens is 488 g/mol. The number of nitrogens with one attached hydrogen (secondary N) is 2. The minimum Gasteiger partial charge on any atom is -0.480 e. The van der Waals surface area contributed by atoms with Crippen molar-refractivity contribution in [1.82, 2.24) is 9.97 Å². The van der Waals surface area contributed by atoms with Crippen LogP contribution in [0.3, 0.4) is 0 Å². The number of pyridine rings is 1. The highest BCUT2D eigenvalue weighted by Gasteiger charge is 2.62. The normalized spacial score (nSPS) is 15.2. The summed E-state index contributed by atoms with van der Waals surface area (Å²) in [6.07, 6.45) is 2.44. The molecule has 3 aromatic rings. The van der Waals surface area contributed by atoms with Gasteiger partial charge in [-0.1, -0.05) is 0 Å². The SMILES string of the molecule is O=C(c1c(F)ccc(NS(=O)(=O)C2(C(=O)O)CC2)c1F)c1c[nH]c2ncc(Br)cc12. The van der Waals surface area contributed by atoms with Crippen molar-refractivity contribution in [3.63, 3.8) is 0 Å². The van der Waals surface area contributed by atoms with E-state index in [0.29, 0.717) is 15.5 Å². The van der Waals surface area contributed by atoms with Gasteiger partial charge in [0.2, 0.25) is 15.8 Å². The fourth-order valence-electron chi connectivity index (χ4n) is 3.09. The first-order valence-corrected chi connectivity index (χ1v) is 10.8. The number of rotatable bonds is 6. The summed E-state index contributed by atoms with van der Waals surface area (Å²) in [7, 11) is -4.52. The number of carbonyl (C=O) groups excluding carboxylic acids is 1. The lowest BCUT2D eigenvalue weighted by Crippen LogP contribution is -2.37. The minimum absolute atomic E-state index is 0.0687. The van der Waals surface area contributed by atoms with Crippen LogP contribution in [0.4, 0.5) is 14.5 Å². The second kappa shape index (κ2) is 6.84. The molecule has 0 aliphatic heterocycles. The molecule has 12 heteroatoms. The first-order valence-electron chi connectivity index (χ1n) is 8.48. The van der Waals surface area contributed by atoms with Gasteiger partial charge >= 0.3 is 5.97 Å². The van der Waals surface area contributed by atoms with E-state index in [1.54, 1.807) is 0 Å². The van der Waals surface area contributed by atoms with Gasteiger partial charge in [0.05, 0.1) is 11.3 Å². The van der Waals surface area contributed by atoms with E-state index < -0.39 is 49.4 Å². The molecular formula is C18H12BrF2N3O5S. The summed E-state index contributed by atoms with van der Waals surface area (Å²) < 4.78 is 54.6. The maximum atomic E-state index is 15.0. The van der Waals surface area contributed by atoms with Crippen molar-refractivity contribution in [3.8, 4) is 0 Å². The maximum Gasteiger partial charge on any atom is 0.326 e. The predicted molar refractivity (Wildman–Crippen MR) is 106 cm³/mol. The summed E-state index contributed by atoms with van der Waals surface area (Å²) in [5, 5.41) is 9.49. The van der Waals surface area contributed by atoms with Gasteiger partial charge in [-0.2, -0.15) is 0 Å². The first kappa shape index (κ1) is 20.4. The largest absolute Gasteiger partial charge is 0.480 e. The van der Waals surface area contributed by atoms with Crippen molar-refractivity contribution in [2.45, 2.75) is 17.6 Å². The van der Waals surface area contributed by atoms with Crippen LogP contribution >= 0.6 is 15.9 Å². The molecule has 2 aromatic heterocycles. The second-order valence-corrected chi connectivity index (χ2v) is 9.68. The highest BCUT2D eigenvalue weighted by Crippen LogP contribution is 2.44. The molecule has 1 saturated carbocycles. The molecule has 2 heterocycles. The highest BCUT2D eigenvalue weighted by molar-refractivity contribution is 9.10. The van der Waals surface area contributed by atoms with Crippen molar-refractivity contribution in [2.24, 2.45) is 0 Å². The van der Waals surface area contributed by atoms with Gasteiger partial charge in [0.15, 0.2) is 10.6 Å². The molecule has 0 unspecified atom stereocenters. The molecule has 4 rings (SSSR count). The van der Waals surface area contributed by atoms with E-state index in [0.717, 1.165) is 12.1 Å². The monoisotopic (exact) mass is 499 g/mol. The van der Waals surface area contributed by atoms with E-state index in [-0.39, 0.29) is 18.4 Å². The molecule has 0 atom stereocenters. The Morgan fingerprint density at radius 3 is 2.60 bits per heavy atom. The Balaban J connectivity index is 1.77. The molecule has 1 aliphatic carbocycles. The van der Waals surface area contributed by atoms with E-state index in [1.165, 1.54) is 18.5 Å². The van der Waals surface area contributed by atoms with Gasteiger partial charge in [0.1, 0.15) is 11.5 Å². The van der Waals surface area contributed by atoms with Gasteiger partial charge in [0, 0.05) is 27.8 Å². The predicted octanol–water partition coefficient (Wildman–Crippen LogP) is 3.19. The molecule has 0 bridgehead atoms. The van der Waals surface area contributed by atoms with Gasteiger partial charge in [-0.25, -0.2) is 22.2 Å². The Morgan fingerprint density at radius 2 is 1.97 bits per heavy atom. The Morgan fingerprint density at radius 1 is 1.27 bits per heavy atom. The van der Waals surface area contributed by atoms with Crippen molar-refractivity contribution in [3.05, 3.63) is 57.8 Å². The molecule has 30 heavy (non-hydrogen) atoms. The van der Waals surface area contributed by atoms with Crippen LogP contribution in [-0.2, 0) is 14.8 Å². The van der Waals surface area contributed by atoms with Crippen molar-refractivity contribution < 1.29 is 31.9 Å². The average Bonchev–Trinajstić information content (AvgIpc) is 3.40. The van der Waals surface area contributed by atoms with Crippen LogP contribution in [0.25, 0.3) is 11.0 Å². The van der Waals surface area contributed by atoms with Crippen LogP contribution in [0.5, 0.6) is 0 Å². The number of ketones is 1. The lowest BCUT2D eigenvalue weighted by atomic mass is 10.0. The molecule has 156 valence electrons. The zero-order chi connectivity index (χ0) is 21.8. The van der Waals surface area contributed by atoms with Gasteiger partial charge in [-0.15, -0.1) is 0 Å². The van der Waals surface area contributed by atoms with Gasteiger partial charge in [0.25, 0.3) is 0 Å². The Hall–Kier alpha value is -2.86. The summed E-state index contributed by atoms with van der Waals surface area (Å²) in [6.45, 7) is 0. The highest BCUT2D eigenvalue weighted by atomic mass is 79.9. The second-order valence-electron chi connectivity index (χ2n) is 6.77. The van der Waals surface area contributed by atoms with E-state index >= 15 is 4.39 Å². The number of aromatic nitrogens is 2. The summed E-state index contributed by atoms with van der Waals surface area (Å²) in [4.78, 5) is 31.0. The fraction of sp³-hybridized carbons (Fsp3) is 0.167. The van der Waals surface area contributed by atoms with Crippen LogP contribution in [-0.4, -0.2) is 40.0 Å². The summed E-state index contributed by atoms with van der Waals surface area (Å²) >= 11 is 3.21. The number of hydrogen-bond donors (Lipinski definition) is 3. The quantitative estimate of drug-likeness (QED) is 0.446. The number of aliphatic carboxylic acids is 1. The van der Waals surface area contributed by atoms with E-state index in [1.807, 2.05) is 4.72 Å². The number of aromatic amines is 1. The lowest BCUT2D eigenvalue weighted by molar-refractivity contribution is -0.137. The van der Waals surface area contributed by atoms with E-state index in [4.69, 9.17) is 0 Å². The third-order valence-electron chi connectivity index (χ3n) is 4.91. The molecule has 0 amide bonds. The third kappa shape index (κ3) is 3.06. The number of nitrogens with zero attached hydrogens (tertiary/aromatic N) is 1. The lowest BCUT2D eigenvalue weighted by Gasteiger charge is -2.15.